The minimum Gasteiger partial charge on any atom is -0.106 e. The van der Waals surface area contributed by atoms with Crippen molar-refractivity contribution in [2.75, 3.05) is 0 Å². The van der Waals surface area contributed by atoms with E-state index >= 15 is 0 Å². The lowest BCUT2D eigenvalue weighted by Crippen LogP contribution is -2.12. The zero-order chi connectivity index (χ0) is 12.5. The Morgan fingerprint density at radius 3 is 2.12 bits per heavy atom. The van der Waals surface area contributed by atoms with E-state index in [0.717, 1.165) is 16.5 Å². The van der Waals surface area contributed by atoms with E-state index < -0.39 is 0 Å². The molecule has 1 atom stereocenters. The lowest BCUT2D eigenvalue weighted by Gasteiger charge is -2.23. The van der Waals surface area contributed by atoms with Crippen molar-refractivity contribution >= 4 is 9.24 Å². The second-order valence-corrected chi connectivity index (χ2v) is 5.21. The Morgan fingerprint density at radius 2 is 1.81 bits per heavy atom. The normalized spacial score (nSPS) is 21.4. The Hall–Kier alpha value is -1.13. The van der Waals surface area contributed by atoms with E-state index in [1.807, 2.05) is 12.2 Å². The number of rotatable bonds is 3. The van der Waals surface area contributed by atoms with Crippen molar-refractivity contribution in [1.29, 1.82) is 0 Å². The van der Waals surface area contributed by atoms with Crippen LogP contribution in [0.4, 0.5) is 0 Å². The van der Waals surface area contributed by atoms with E-state index in [1.54, 1.807) is 0 Å². The van der Waals surface area contributed by atoms with Gasteiger partial charge in [0.25, 0.3) is 0 Å². The van der Waals surface area contributed by atoms with Gasteiger partial charge >= 0.3 is 0 Å². The molecule has 0 radical (unpaired) electrons. The average molecular weight is 230 g/mol. The number of allylic oxidation sites excluding steroid dienone is 8. The molecule has 84 valence electrons. The predicted octanol–water partition coefficient (Wildman–Crippen LogP) is 4.57. The maximum Gasteiger partial charge on any atom is 0.0158 e. The first-order valence-electron chi connectivity index (χ1n) is 5.22. The summed E-state index contributed by atoms with van der Waals surface area (Å²) < 4.78 is 0. The quantitative estimate of drug-likeness (QED) is 0.623. The average Bonchev–Trinajstić information content (AvgIpc) is 2.36. The molecule has 0 heterocycles. The summed E-state index contributed by atoms with van der Waals surface area (Å²) in [7, 11) is 2.60. The van der Waals surface area contributed by atoms with E-state index in [4.69, 9.17) is 0 Å². The lowest BCUT2D eigenvalue weighted by molar-refractivity contribution is 0.579. The largest absolute Gasteiger partial charge is 0.106 e. The third-order valence-electron chi connectivity index (χ3n) is 3.03. The molecule has 0 bridgehead atoms. The Bertz CT molecular complexity index is 442. The molecular weight excluding hydrogens is 211 g/mol. The molecule has 0 aromatic rings. The van der Waals surface area contributed by atoms with Crippen LogP contribution in [0.3, 0.4) is 0 Å². The van der Waals surface area contributed by atoms with Gasteiger partial charge in [-0.05, 0) is 27.6 Å². The van der Waals surface area contributed by atoms with E-state index in [9.17, 15) is 0 Å². The van der Waals surface area contributed by atoms with Crippen molar-refractivity contribution in [1.82, 2.24) is 0 Å². The molecule has 0 aromatic carbocycles. The lowest BCUT2D eigenvalue weighted by atomic mass is 9.80. The van der Waals surface area contributed by atoms with Crippen LogP contribution in [0.5, 0.6) is 0 Å². The van der Waals surface area contributed by atoms with Gasteiger partial charge < -0.3 is 0 Å². The molecule has 0 saturated carbocycles. The summed E-state index contributed by atoms with van der Waals surface area (Å²) in [6.07, 6.45) is 5.81. The standard InChI is InChI=1S/C15H19P/c1-7-12-11(4)14(9-10(3)16)15(5,6)13(12)8-2/h7-9H,1-4,16H2,5-6H3/b14-9+. The summed E-state index contributed by atoms with van der Waals surface area (Å²) in [6, 6.07) is 0. The fourth-order valence-corrected chi connectivity index (χ4v) is 2.38. The van der Waals surface area contributed by atoms with E-state index in [1.165, 1.54) is 11.1 Å². The van der Waals surface area contributed by atoms with Gasteiger partial charge in [-0.25, -0.2) is 0 Å². The third kappa shape index (κ3) is 1.90. The minimum absolute atomic E-state index is 0.0676. The van der Waals surface area contributed by atoms with Gasteiger partial charge in [0.2, 0.25) is 0 Å². The highest BCUT2D eigenvalue weighted by Crippen LogP contribution is 2.50. The molecule has 1 unspecified atom stereocenters. The van der Waals surface area contributed by atoms with Crippen molar-refractivity contribution in [3.05, 3.63) is 72.2 Å². The highest BCUT2D eigenvalue weighted by Gasteiger charge is 2.36. The first kappa shape index (κ1) is 12.9. The first-order chi connectivity index (χ1) is 7.36. The van der Waals surface area contributed by atoms with Crippen LogP contribution in [0.25, 0.3) is 0 Å². The second kappa shape index (κ2) is 4.39. The van der Waals surface area contributed by atoms with Crippen LogP contribution in [-0.2, 0) is 0 Å². The van der Waals surface area contributed by atoms with Gasteiger partial charge in [-0.3, -0.25) is 0 Å². The molecular formula is C15H19P. The van der Waals surface area contributed by atoms with Crippen molar-refractivity contribution in [2.24, 2.45) is 5.41 Å². The van der Waals surface area contributed by atoms with Gasteiger partial charge in [-0.1, -0.05) is 58.4 Å². The van der Waals surface area contributed by atoms with E-state index in [0.29, 0.717) is 0 Å². The molecule has 0 fully saturated rings. The molecule has 1 rings (SSSR count). The van der Waals surface area contributed by atoms with Crippen LogP contribution in [0.1, 0.15) is 13.8 Å². The smallest absolute Gasteiger partial charge is 0.0158 e. The first-order valence-corrected chi connectivity index (χ1v) is 5.79. The molecule has 0 saturated heterocycles. The van der Waals surface area contributed by atoms with Crippen molar-refractivity contribution < 1.29 is 0 Å². The summed E-state index contributed by atoms with van der Waals surface area (Å²) in [5.74, 6) is 0. The molecule has 0 N–H and O–H groups in total. The Morgan fingerprint density at radius 1 is 1.25 bits per heavy atom. The van der Waals surface area contributed by atoms with Crippen LogP contribution in [0.15, 0.2) is 72.2 Å². The summed E-state index contributed by atoms with van der Waals surface area (Å²) in [5, 5.41) is 0.956. The number of hydrogen-bond donors (Lipinski definition) is 0. The van der Waals surface area contributed by atoms with Crippen LogP contribution in [0, 0.1) is 5.41 Å². The SMILES string of the molecule is C=CC1=C(C=C)C(C)(C)/C(=C/C(=C)P)C1=C. The third-order valence-corrected chi connectivity index (χ3v) is 3.19. The number of hydrogen-bond acceptors (Lipinski definition) is 0. The maximum absolute atomic E-state index is 4.14. The van der Waals surface area contributed by atoms with Gasteiger partial charge in [0.05, 0.1) is 0 Å². The van der Waals surface area contributed by atoms with Crippen molar-refractivity contribution in [3.8, 4) is 0 Å². The molecule has 0 aromatic heterocycles. The highest BCUT2D eigenvalue weighted by atomic mass is 31.0. The van der Waals surface area contributed by atoms with Crippen molar-refractivity contribution in [3.63, 3.8) is 0 Å². The highest BCUT2D eigenvalue weighted by molar-refractivity contribution is 7.22. The maximum atomic E-state index is 4.14. The van der Waals surface area contributed by atoms with Gasteiger partial charge in [-0.15, -0.1) is 9.24 Å². The van der Waals surface area contributed by atoms with Crippen LogP contribution >= 0.6 is 9.24 Å². The molecule has 0 amide bonds. The second-order valence-electron chi connectivity index (χ2n) is 4.47. The molecule has 16 heavy (non-hydrogen) atoms. The molecule has 1 heteroatoms. The Kier molecular flexibility index (Phi) is 3.55. The minimum atomic E-state index is -0.0676. The Labute approximate surface area is 101 Å². The van der Waals surface area contributed by atoms with Gasteiger partial charge in [-0.2, -0.15) is 0 Å². The zero-order valence-electron chi connectivity index (χ0n) is 10.1. The summed E-state index contributed by atoms with van der Waals surface area (Å²) >= 11 is 0. The molecule has 0 spiro atoms. The molecule has 1 aliphatic rings. The van der Waals surface area contributed by atoms with Gasteiger partial charge in [0.15, 0.2) is 0 Å². The fraction of sp³-hybridized carbons (Fsp3) is 0.200. The van der Waals surface area contributed by atoms with Crippen LogP contribution in [-0.4, -0.2) is 0 Å². The van der Waals surface area contributed by atoms with Crippen molar-refractivity contribution in [2.45, 2.75) is 13.8 Å². The fourth-order valence-electron chi connectivity index (χ4n) is 2.22. The van der Waals surface area contributed by atoms with Gasteiger partial charge in [0.1, 0.15) is 0 Å². The Balaban J connectivity index is 3.46. The van der Waals surface area contributed by atoms with Crippen LogP contribution in [0.2, 0.25) is 0 Å². The summed E-state index contributed by atoms with van der Waals surface area (Å²) in [6.45, 7) is 20.1. The molecule has 1 aliphatic carbocycles. The zero-order valence-corrected chi connectivity index (χ0v) is 11.3. The van der Waals surface area contributed by atoms with Crippen LogP contribution < -0.4 is 0 Å². The monoisotopic (exact) mass is 230 g/mol. The summed E-state index contributed by atoms with van der Waals surface area (Å²) in [5.41, 5.74) is 4.43. The van der Waals surface area contributed by atoms with E-state index in [2.05, 4.69) is 55.5 Å². The topological polar surface area (TPSA) is 0 Å². The summed E-state index contributed by atoms with van der Waals surface area (Å²) in [4.78, 5) is 0. The predicted molar refractivity (Wildman–Crippen MR) is 77.3 cm³/mol. The molecule has 0 aliphatic heterocycles. The molecule has 0 nitrogen and oxygen atoms in total. The van der Waals surface area contributed by atoms with Gasteiger partial charge in [0, 0.05) is 5.41 Å². The van der Waals surface area contributed by atoms with E-state index in [-0.39, 0.29) is 5.41 Å².